The minimum absolute atomic E-state index is 0.0434. The molecule has 0 spiro atoms. The highest BCUT2D eigenvalue weighted by Crippen LogP contribution is 2.03. The maximum atomic E-state index is 11.7. The highest BCUT2D eigenvalue weighted by Gasteiger charge is 2.21. The average molecular weight is 221 g/mol. The summed E-state index contributed by atoms with van der Waals surface area (Å²) >= 11 is 0. The van der Waals surface area contributed by atoms with Crippen LogP contribution in [0.4, 0.5) is 0 Å². The smallest absolute Gasteiger partial charge is 0.253 e. The number of primary amides is 1. The molecule has 0 aliphatic heterocycles. The Morgan fingerprint density at radius 1 is 1.44 bits per heavy atom. The van der Waals surface area contributed by atoms with E-state index in [2.05, 4.69) is 10.3 Å². The fraction of sp³-hybridized carbons (Fsp3) is 0.364. The molecule has 0 aliphatic carbocycles. The summed E-state index contributed by atoms with van der Waals surface area (Å²) in [6.45, 7) is 3.64. The van der Waals surface area contributed by atoms with E-state index in [0.717, 1.165) is 0 Å². The van der Waals surface area contributed by atoms with E-state index in [9.17, 15) is 9.59 Å². The van der Waals surface area contributed by atoms with Crippen LogP contribution in [0.5, 0.6) is 0 Å². The van der Waals surface area contributed by atoms with Crippen LogP contribution in [0.2, 0.25) is 0 Å². The van der Waals surface area contributed by atoms with Crippen LogP contribution in [-0.2, 0) is 4.79 Å². The minimum Gasteiger partial charge on any atom is -0.368 e. The van der Waals surface area contributed by atoms with Crippen LogP contribution in [0.1, 0.15) is 24.2 Å². The van der Waals surface area contributed by atoms with Gasteiger partial charge < -0.3 is 11.1 Å². The molecule has 0 unspecified atom stereocenters. The summed E-state index contributed by atoms with van der Waals surface area (Å²) in [5, 5.41) is 2.58. The number of carbonyl (C=O) groups is 2. The second-order valence-electron chi connectivity index (χ2n) is 3.84. The maximum Gasteiger partial charge on any atom is 0.253 e. The SMILES string of the molecule is CC(C)[C@H](NC(=O)c1cccnc1)C(N)=O. The third-order valence-corrected chi connectivity index (χ3v) is 2.18. The van der Waals surface area contributed by atoms with E-state index in [-0.39, 0.29) is 11.8 Å². The average Bonchev–Trinajstić information content (AvgIpc) is 2.25. The monoisotopic (exact) mass is 221 g/mol. The van der Waals surface area contributed by atoms with Gasteiger partial charge in [0.25, 0.3) is 5.91 Å². The number of nitrogens with one attached hydrogen (secondary N) is 1. The van der Waals surface area contributed by atoms with Crippen molar-refractivity contribution in [3.63, 3.8) is 0 Å². The van der Waals surface area contributed by atoms with E-state index in [1.54, 1.807) is 18.3 Å². The molecule has 1 atom stereocenters. The first kappa shape index (κ1) is 12.2. The Morgan fingerprint density at radius 3 is 2.56 bits per heavy atom. The molecular weight excluding hydrogens is 206 g/mol. The Kier molecular flexibility index (Phi) is 3.99. The number of nitrogens with zero attached hydrogens (tertiary/aromatic N) is 1. The van der Waals surface area contributed by atoms with Gasteiger partial charge in [0.05, 0.1) is 5.56 Å². The topological polar surface area (TPSA) is 85.1 Å². The van der Waals surface area contributed by atoms with Crippen LogP contribution in [-0.4, -0.2) is 22.8 Å². The highest BCUT2D eigenvalue weighted by atomic mass is 16.2. The third-order valence-electron chi connectivity index (χ3n) is 2.18. The Bertz CT molecular complexity index is 376. The lowest BCUT2D eigenvalue weighted by molar-refractivity contribution is -0.120. The predicted octanol–water partition coefficient (Wildman–Crippen LogP) is 0.321. The van der Waals surface area contributed by atoms with Crippen LogP contribution in [0.3, 0.4) is 0 Å². The largest absolute Gasteiger partial charge is 0.368 e. The molecule has 16 heavy (non-hydrogen) atoms. The molecule has 86 valence electrons. The van der Waals surface area contributed by atoms with Crippen LogP contribution < -0.4 is 11.1 Å². The van der Waals surface area contributed by atoms with Crippen molar-refractivity contribution in [1.82, 2.24) is 10.3 Å². The lowest BCUT2D eigenvalue weighted by Gasteiger charge is -2.18. The number of aromatic nitrogens is 1. The summed E-state index contributed by atoms with van der Waals surface area (Å²) in [7, 11) is 0. The summed E-state index contributed by atoms with van der Waals surface area (Å²) < 4.78 is 0. The van der Waals surface area contributed by atoms with E-state index in [1.807, 2.05) is 13.8 Å². The van der Waals surface area contributed by atoms with Gasteiger partial charge in [0.2, 0.25) is 5.91 Å². The van der Waals surface area contributed by atoms with E-state index < -0.39 is 11.9 Å². The molecule has 1 aromatic heterocycles. The molecule has 1 heterocycles. The molecular formula is C11H15N3O2. The van der Waals surface area contributed by atoms with Gasteiger partial charge in [-0.15, -0.1) is 0 Å². The molecule has 1 aromatic rings. The lowest BCUT2D eigenvalue weighted by atomic mass is 10.0. The molecule has 1 rings (SSSR count). The Labute approximate surface area is 94.1 Å². The summed E-state index contributed by atoms with van der Waals surface area (Å²) in [6, 6.07) is 2.62. The molecule has 5 heteroatoms. The van der Waals surface area contributed by atoms with Gasteiger partial charge in [-0.1, -0.05) is 13.8 Å². The summed E-state index contributed by atoms with van der Waals surface area (Å²) in [4.78, 5) is 26.6. The lowest BCUT2D eigenvalue weighted by Crippen LogP contribution is -2.47. The second-order valence-corrected chi connectivity index (χ2v) is 3.84. The van der Waals surface area contributed by atoms with Gasteiger partial charge in [0, 0.05) is 12.4 Å². The van der Waals surface area contributed by atoms with Gasteiger partial charge >= 0.3 is 0 Å². The fourth-order valence-electron chi connectivity index (χ4n) is 1.29. The molecule has 0 saturated carbocycles. The van der Waals surface area contributed by atoms with E-state index in [1.165, 1.54) is 6.20 Å². The molecule has 0 radical (unpaired) electrons. The van der Waals surface area contributed by atoms with Crippen LogP contribution in [0.15, 0.2) is 24.5 Å². The molecule has 0 saturated heterocycles. The van der Waals surface area contributed by atoms with Crippen molar-refractivity contribution >= 4 is 11.8 Å². The second kappa shape index (κ2) is 5.25. The fourth-order valence-corrected chi connectivity index (χ4v) is 1.29. The van der Waals surface area contributed by atoms with Gasteiger partial charge in [-0.25, -0.2) is 0 Å². The van der Waals surface area contributed by atoms with Gasteiger partial charge in [-0.2, -0.15) is 0 Å². The number of hydrogen-bond acceptors (Lipinski definition) is 3. The zero-order chi connectivity index (χ0) is 12.1. The first-order chi connectivity index (χ1) is 7.52. The van der Waals surface area contributed by atoms with Gasteiger partial charge in [0.15, 0.2) is 0 Å². The van der Waals surface area contributed by atoms with Crippen molar-refractivity contribution in [3.8, 4) is 0 Å². The number of pyridine rings is 1. The van der Waals surface area contributed by atoms with Gasteiger partial charge in [-0.3, -0.25) is 14.6 Å². The normalized spacial score (nSPS) is 12.2. The summed E-state index contributed by atoms with van der Waals surface area (Å²) in [5.41, 5.74) is 5.61. The van der Waals surface area contributed by atoms with Crippen LogP contribution in [0.25, 0.3) is 0 Å². The quantitative estimate of drug-likeness (QED) is 0.767. The van der Waals surface area contributed by atoms with Crippen molar-refractivity contribution in [2.24, 2.45) is 11.7 Å². The van der Waals surface area contributed by atoms with Crippen molar-refractivity contribution in [3.05, 3.63) is 30.1 Å². The van der Waals surface area contributed by atoms with Crippen LogP contribution >= 0.6 is 0 Å². The Morgan fingerprint density at radius 2 is 2.12 bits per heavy atom. The summed E-state index contributed by atoms with van der Waals surface area (Å²) in [5.74, 6) is -0.920. The molecule has 0 aromatic carbocycles. The predicted molar refractivity (Wildman–Crippen MR) is 59.5 cm³/mol. The Hall–Kier alpha value is -1.91. The third kappa shape index (κ3) is 3.05. The minimum atomic E-state index is -0.660. The molecule has 0 fully saturated rings. The van der Waals surface area contributed by atoms with Gasteiger partial charge in [0.1, 0.15) is 6.04 Å². The standard InChI is InChI=1S/C11H15N3O2/c1-7(2)9(10(12)15)14-11(16)8-4-3-5-13-6-8/h3-7,9H,1-2H3,(H2,12,15)(H,14,16)/t9-/m0/s1. The van der Waals surface area contributed by atoms with E-state index in [0.29, 0.717) is 5.56 Å². The highest BCUT2D eigenvalue weighted by molar-refractivity contribution is 5.97. The Balaban J connectivity index is 2.74. The first-order valence-electron chi connectivity index (χ1n) is 5.02. The molecule has 5 nitrogen and oxygen atoms in total. The molecule has 0 aliphatic rings. The van der Waals surface area contributed by atoms with Crippen LogP contribution in [0, 0.1) is 5.92 Å². The number of nitrogens with two attached hydrogens (primary N) is 1. The van der Waals surface area contributed by atoms with Crippen molar-refractivity contribution in [1.29, 1.82) is 0 Å². The number of hydrogen-bond donors (Lipinski definition) is 2. The van der Waals surface area contributed by atoms with E-state index >= 15 is 0 Å². The maximum absolute atomic E-state index is 11.7. The van der Waals surface area contributed by atoms with Gasteiger partial charge in [-0.05, 0) is 18.1 Å². The van der Waals surface area contributed by atoms with E-state index in [4.69, 9.17) is 5.73 Å². The molecule has 0 bridgehead atoms. The number of carbonyl (C=O) groups excluding carboxylic acids is 2. The molecule has 2 amide bonds. The first-order valence-corrected chi connectivity index (χ1v) is 5.02. The number of amides is 2. The van der Waals surface area contributed by atoms with Crippen molar-refractivity contribution in [2.75, 3.05) is 0 Å². The zero-order valence-electron chi connectivity index (χ0n) is 9.31. The summed E-state index contributed by atoms with van der Waals surface area (Å²) in [6.07, 6.45) is 3.01. The van der Waals surface area contributed by atoms with Crippen molar-refractivity contribution < 1.29 is 9.59 Å². The van der Waals surface area contributed by atoms with Crippen molar-refractivity contribution in [2.45, 2.75) is 19.9 Å². The molecule has 3 N–H and O–H groups in total. The number of rotatable bonds is 4. The zero-order valence-corrected chi connectivity index (χ0v) is 9.31.